The summed E-state index contributed by atoms with van der Waals surface area (Å²) in [5.74, 6) is -3.60. The van der Waals surface area contributed by atoms with E-state index in [9.17, 15) is 13.2 Å². The minimum Gasteiger partial charge on any atom is -1.00 e. The largest absolute Gasteiger partial charge is 1.00 e. The Morgan fingerprint density at radius 2 is 1.25 bits per heavy atom. The molecule has 0 aliphatic rings. The number of nitrogens with zero attached hydrogens (tertiary/aromatic N) is 1. The molecule has 0 amide bonds. The van der Waals surface area contributed by atoms with Gasteiger partial charge >= 0.3 is 12.0 Å². The lowest BCUT2D eigenvalue weighted by atomic mass is 10.2. The number of hydrogen-bond acceptors (Lipinski definition) is 2. The van der Waals surface area contributed by atoms with Gasteiger partial charge in [0.25, 0.3) is 0 Å². The van der Waals surface area contributed by atoms with Gasteiger partial charge in [0.2, 0.25) is 0 Å². The fraction of sp³-hybridized carbons (Fsp3) is 1.00. The molecule has 0 unspecified atom stereocenters. The highest BCUT2D eigenvalue weighted by atomic mass is 127. The number of likely N-dealkylation sites (N-methyl/N-ethyl adjacent to an activating group) is 1. The van der Waals surface area contributed by atoms with Crippen molar-refractivity contribution in [3.8, 4) is 0 Å². The predicted octanol–water partition coefficient (Wildman–Crippen LogP) is -1.89. The first-order valence-corrected chi connectivity index (χ1v) is 5.00. The lowest BCUT2D eigenvalue weighted by Crippen LogP contribution is -3.00. The quantitative estimate of drug-likeness (QED) is 0.343. The molecule has 0 spiro atoms. The molecule has 0 radical (unpaired) electrons. The van der Waals surface area contributed by atoms with E-state index in [1.807, 2.05) is 0 Å². The van der Waals surface area contributed by atoms with E-state index >= 15 is 0 Å². The highest BCUT2D eigenvalue weighted by Gasteiger charge is 2.57. The summed E-state index contributed by atoms with van der Waals surface area (Å²) in [5.41, 5.74) is 0. The van der Waals surface area contributed by atoms with E-state index in [0.29, 0.717) is 19.6 Å². The van der Waals surface area contributed by atoms with Crippen molar-refractivity contribution in [2.24, 2.45) is 0 Å². The standard InChI is InChI=1S/C9H19F3NO2.HI/c1-4-13(5-2,6-3)7-8(14,15)9(10,11)12;/h14-15H,4-7H2,1-3H3;1H/q+1;/p-1. The summed E-state index contributed by atoms with van der Waals surface area (Å²) in [6.45, 7) is 5.79. The molecule has 0 fully saturated rings. The Hall–Kier alpha value is 0.400. The topological polar surface area (TPSA) is 40.5 Å². The Morgan fingerprint density at radius 3 is 1.44 bits per heavy atom. The second-order valence-corrected chi connectivity index (χ2v) is 3.76. The zero-order valence-electron chi connectivity index (χ0n) is 9.68. The van der Waals surface area contributed by atoms with Gasteiger partial charge in [0.1, 0.15) is 6.54 Å². The van der Waals surface area contributed by atoms with Crippen molar-refractivity contribution in [3.63, 3.8) is 0 Å². The number of hydrogen-bond donors (Lipinski definition) is 2. The van der Waals surface area contributed by atoms with Crippen LogP contribution in [0.4, 0.5) is 13.2 Å². The second kappa shape index (κ2) is 6.36. The van der Waals surface area contributed by atoms with Gasteiger partial charge in [0.05, 0.1) is 19.6 Å². The number of quaternary nitrogens is 1. The van der Waals surface area contributed by atoms with Crippen LogP contribution in [0.5, 0.6) is 0 Å². The second-order valence-electron chi connectivity index (χ2n) is 3.76. The van der Waals surface area contributed by atoms with Crippen LogP contribution in [0.3, 0.4) is 0 Å². The van der Waals surface area contributed by atoms with Gasteiger partial charge in [-0.2, -0.15) is 13.2 Å². The molecule has 0 aromatic rings. The molecule has 0 aromatic carbocycles. The van der Waals surface area contributed by atoms with Gasteiger partial charge in [-0.25, -0.2) is 0 Å². The van der Waals surface area contributed by atoms with Crippen molar-refractivity contribution in [3.05, 3.63) is 0 Å². The molecule has 0 heterocycles. The van der Waals surface area contributed by atoms with Crippen LogP contribution in [0.15, 0.2) is 0 Å². The third-order valence-electron chi connectivity index (χ3n) is 3.02. The molecule has 16 heavy (non-hydrogen) atoms. The molecule has 2 N–H and O–H groups in total. The Balaban J connectivity index is 0. The molecule has 0 bridgehead atoms. The Labute approximate surface area is 111 Å². The molecule has 7 heteroatoms. The first kappa shape index (κ1) is 18.8. The average molecular weight is 357 g/mol. The molecular weight excluding hydrogens is 338 g/mol. The van der Waals surface area contributed by atoms with Crippen LogP contribution in [0.25, 0.3) is 0 Å². The minimum absolute atomic E-state index is 0. The molecule has 100 valence electrons. The molecule has 0 atom stereocenters. The lowest BCUT2D eigenvalue weighted by molar-refractivity contribution is -0.934. The van der Waals surface area contributed by atoms with Crippen LogP contribution in [0, 0.1) is 0 Å². The maximum absolute atomic E-state index is 12.3. The van der Waals surface area contributed by atoms with Crippen LogP contribution < -0.4 is 24.0 Å². The zero-order chi connectivity index (χ0) is 12.3. The van der Waals surface area contributed by atoms with E-state index in [1.54, 1.807) is 20.8 Å². The van der Waals surface area contributed by atoms with Crippen LogP contribution in [-0.4, -0.2) is 52.8 Å². The molecule has 0 saturated heterocycles. The van der Waals surface area contributed by atoms with Crippen LogP contribution in [-0.2, 0) is 0 Å². The third-order valence-corrected chi connectivity index (χ3v) is 3.02. The summed E-state index contributed by atoms with van der Waals surface area (Å²) in [7, 11) is 0. The zero-order valence-corrected chi connectivity index (χ0v) is 11.8. The van der Waals surface area contributed by atoms with Crippen molar-refractivity contribution in [1.29, 1.82) is 0 Å². The van der Waals surface area contributed by atoms with E-state index < -0.39 is 18.5 Å². The van der Waals surface area contributed by atoms with Crippen molar-refractivity contribution < 1.29 is 51.8 Å². The van der Waals surface area contributed by atoms with Gasteiger partial charge in [-0.1, -0.05) is 0 Å². The molecule has 0 aromatic heterocycles. The Bertz CT molecular complexity index is 197. The molecule has 0 aliphatic carbocycles. The number of halogens is 4. The highest BCUT2D eigenvalue weighted by Crippen LogP contribution is 2.30. The number of rotatable bonds is 5. The monoisotopic (exact) mass is 357 g/mol. The highest BCUT2D eigenvalue weighted by molar-refractivity contribution is 4.74. The Kier molecular flexibility index (Phi) is 7.46. The van der Waals surface area contributed by atoms with Crippen LogP contribution in [0.1, 0.15) is 20.8 Å². The van der Waals surface area contributed by atoms with Gasteiger partial charge in [0, 0.05) is 0 Å². The summed E-state index contributed by atoms with van der Waals surface area (Å²) in [4.78, 5) is 0. The molecular formula is C9H19F3INO2. The lowest BCUT2D eigenvalue weighted by Gasteiger charge is -2.40. The summed E-state index contributed by atoms with van der Waals surface area (Å²) in [6, 6.07) is 0. The van der Waals surface area contributed by atoms with E-state index in [-0.39, 0.29) is 28.5 Å². The van der Waals surface area contributed by atoms with E-state index in [4.69, 9.17) is 10.2 Å². The number of alkyl halides is 3. The fourth-order valence-corrected chi connectivity index (χ4v) is 1.56. The summed E-state index contributed by atoms with van der Waals surface area (Å²) < 4.78 is 36.8. The minimum atomic E-state index is -5.00. The van der Waals surface area contributed by atoms with Crippen molar-refractivity contribution in [2.45, 2.75) is 32.7 Å². The molecule has 3 nitrogen and oxygen atoms in total. The Morgan fingerprint density at radius 1 is 0.938 bits per heavy atom. The maximum atomic E-state index is 12.3. The summed E-state index contributed by atoms with van der Waals surface area (Å²) in [6.07, 6.45) is -5.00. The molecule has 0 saturated carbocycles. The smallest absolute Gasteiger partial charge is 0.449 e. The SMILES string of the molecule is CC[N+](CC)(CC)CC(O)(O)C(F)(F)F.[I-]. The maximum Gasteiger partial charge on any atom is 0.449 e. The van der Waals surface area contributed by atoms with Crippen molar-refractivity contribution in [2.75, 3.05) is 26.2 Å². The van der Waals surface area contributed by atoms with E-state index in [0.717, 1.165) is 0 Å². The van der Waals surface area contributed by atoms with E-state index in [1.165, 1.54) is 0 Å². The van der Waals surface area contributed by atoms with Crippen LogP contribution in [0.2, 0.25) is 0 Å². The van der Waals surface area contributed by atoms with E-state index in [2.05, 4.69) is 0 Å². The number of aliphatic hydroxyl groups is 2. The van der Waals surface area contributed by atoms with Crippen LogP contribution >= 0.6 is 0 Å². The summed E-state index contributed by atoms with van der Waals surface area (Å²) >= 11 is 0. The normalized spacial score (nSPS) is 13.5. The van der Waals surface area contributed by atoms with Gasteiger partial charge in [-0.15, -0.1) is 0 Å². The predicted molar refractivity (Wildman–Crippen MR) is 50.0 cm³/mol. The third kappa shape index (κ3) is 4.34. The van der Waals surface area contributed by atoms with Crippen molar-refractivity contribution in [1.82, 2.24) is 0 Å². The van der Waals surface area contributed by atoms with Gasteiger partial charge in [0.15, 0.2) is 0 Å². The van der Waals surface area contributed by atoms with Crippen molar-refractivity contribution >= 4 is 0 Å². The average Bonchev–Trinajstić information content (AvgIpc) is 2.12. The summed E-state index contributed by atoms with van der Waals surface area (Å²) in [5, 5.41) is 18.0. The first-order chi connectivity index (χ1) is 6.64. The van der Waals surface area contributed by atoms with Gasteiger partial charge in [-0.05, 0) is 20.8 Å². The van der Waals surface area contributed by atoms with Gasteiger partial charge in [-0.3, -0.25) is 0 Å². The van der Waals surface area contributed by atoms with Gasteiger partial charge < -0.3 is 38.7 Å². The molecule has 0 rings (SSSR count). The molecule has 0 aliphatic heterocycles. The fourth-order valence-electron chi connectivity index (χ4n) is 1.56. The first-order valence-electron chi connectivity index (χ1n) is 5.00.